The largest absolute Gasteiger partial charge is 0.490 e. The first-order valence-electron chi connectivity index (χ1n) is 12.1. The Hall–Kier alpha value is -1.70. The molecule has 1 aliphatic rings. The van der Waals surface area contributed by atoms with Crippen molar-refractivity contribution in [3.05, 3.63) is 59.5 Å². The Morgan fingerprint density at radius 3 is 2.20 bits per heavy atom. The molecule has 2 heteroatoms. The summed E-state index contributed by atoms with van der Waals surface area (Å²) in [4.78, 5) is 2.46. The number of nitrogens with zero attached hydrogens (tertiary/aromatic N) is 1. The van der Waals surface area contributed by atoms with Gasteiger partial charge in [-0.25, -0.2) is 0 Å². The van der Waals surface area contributed by atoms with E-state index in [0.29, 0.717) is 0 Å². The van der Waals surface area contributed by atoms with Gasteiger partial charge >= 0.3 is 0 Å². The Morgan fingerprint density at radius 2 is 1.70 bits per heavy atom. The number of unbranched alkanes of at least 4 members (excludes halogenated alkanes) is 1. The van der Waals surface area contributed by atoms with Crippen molar-refractivity contribution in [3.8, 4) is 0 Å². The number of ether oxygens (including phenoxy) is 1. The van der Waals surface area contributed by atoms with Crippen LogP contribution in [0.25, 0.3) is 0 Å². The summed E-state index contributed by atoms with van der Waals surface area (Å²) in [5, 5.41) is 0. The normalized spacial score (nSPS) is 19.5. The zero-order valence-electron chi connectivity index (χ0n) is 21.1. The zero-order valence-corrected chi connectivity index (χ0v) is 21.1. The molecular weight excluding hydrogens is 366 g/mol. The molecule has 170 valence electrons. The molecule has 0 radical (unpaired) electrons. The highest BCUT2D eigenvalue weighted by molar-refractivity contribution is 5.29. The van der Waals surface area contributed by atoms with Crippen molar-refractivity contribution in [2.45, 2.75) is 111 Å². The van der Waals surface area contributed by atoms with Gasteiger partial charge in [0.2, 0.25) is 0 Å². The fourth-order valence-corrected chi connectivity index (χ4v) is 4.31. The lowest BCUT2D eigenvalue weighted by atomic mass is 9.86. The standard InChI is InChI=1S/C26H41NO.C2H6/c1-8-11-17-26(16-9-2)18-19-27(24(10-3)21(4)28-26)20-22-12-14-23(15-13-22)25(5,6)7;1-2/h10,12-15H,3,8-9,11,16-20H2,1-2,4-7H3;1-2H3. The highest BCUT2D eigenvalue weighted by Crippen LogP contribution is 2.36. The number of allylic oxidation sites excluding steroid dienone is 2. The van der Waals surface area contributed by atoms with E-state index < -0.39 is 0 Å². The summed E-state index contributed by atoms with van der Waals surface area (Å²) in [6, 6.07) is 9.10. The maximum atomic E-state index is 6.64. The van der Waals surface area contributed by atoms with E-state index in [4.69, 9.17) is 4.74 Å². The van der Waals surface area contributed by atoms with Crippen LogP contribution in [0.4, 0.5) is 0 Å². The smallest absolute Gasteiger partial charge is 0.117 e. The molecule has 0 aliphatic carbocycles. The van der Waals surface area contributed by atoms with Crippen LogP contribution in [0.3, 0.4) is 0 Å². The summed E-state index contributed by atoms with van der Waals surface area (Å²) in [5.41, 5.74) is 4.05. The number of hydrogen-bond acceptors (Lipinski definition) is 2. The minimum Gasteiger partial charge on any atom is -0.490 e. The Bertz CT molecular complexity index is 665. The first kappa shape index (κ1) is 26.3. The average molecular weight is 414 g/mol. The molecule has 0 spiro atoms. The lowest BCUT2D eigenvalue weighted by Gasteiger charge is -2.34. The van der Waals surface area contributed by atoms with Gasteiger partial charge in [0, 0.05) is 19.5 Å². The minimum absolute atomic E-state index is 0.0199. The van der Waals surface area contributed by atoms with E-state index in [-0.39, 0.29) is 11.0 Å². The maximum absolute atomic E-state index is 6.64. The molecule has 0 bridgehead atoms. The third kappa shape index (κ3) is 7.22. The van der Waals surface area contributed by atoms with Crippen LogP contribution >= 0.6 is 0 Å². The molecular formula is C28H47NO. The fourth-order valence-electron chi connectivity index (χ4n) is 4.31. The minimum atomic E-state index is -0.0199. The molecule has 2 rings (SSSR count). The van der Waals surface area contributed by atoms with E-state index in [2.05, 4.69) is 77.3 Å². The molecule has 1 heterocycles. The van der Waals surface area contributed by atoms with Crippen molar-refractivity contribution in [2.24, 2.45) is 0 Å². The molecule has 1 aromatic rings. The van der Waals surface area contributed by atoms with Crippen molar-refractivity contribution >= 4 is 0 Å². The molecule has 2 nitrogen and oxygen atoms in total. The monoisotopic (exact) mass is 413 g/mol. The molecule has 0 saturated carbocycles. The van der Waals surface area contributed by atoms with Gasteiger partial charge in [0.05, 0.1) is 5.70 Å². The second-order valence-corrected chi connectivity index (χ2v) is 9.40. The van der Waals surface area contributed by atoms with Crippen LogP contribution < -0.4 is 0 Å². The second-order valence-electron chi connectivity index (χ2n) is 9.40. The third-order valence-electron chi connectivity index (χ3n) is 5.99. The molecule has 0 N–H and O–H groups in total. The van der Waals surface area contributed by atoms with Gasteiger partial charge in [-0.3, -0.25) is 0 Å². The first-order valence-corrected chi connectivity index (χ1v) is 12.1. The Morgan fingerprint density at radius 1 is 1.07 bits per heavy atom. The first-order chi connectivity index (χ1) is 14.2. The molecule has 30 heavy (non-hydrogen) atoms. The van der Waals surface area contributed by atoms with Crippen LogP contribution in [0.1, 0.15) is 105 Å². The molecule has 1 aliphatic heterocycles. The maximum Gasteiger partial charge on any atom is 0.117 e. The van der Waals surface area contributed by atoms with E-state index in [1.54, 1.807) is 0 Å². The van der Waals surface area contributed by atoms with Gasteiger partial charge in [0.25, 0.3) is 0 Å². The molecule has 1 aromatic carbocycles. The van der Waals surface area contributed by atoms with Gasteiger partial charge in [-0.15, -0.1) is 0 Å². The van der Waals surface area contributed by atoms with Crippen molar-refractivity contribution in [1.82, 2.24) is 4.90 Å². The third-order valence-corrected chi connectivity index (χ3v) is 5.99. The van der Waals surface area contributed by atoms with Crippen molar-refractivity contribution < 1.29 is 4.74 Å². The van der Waals surface area contributed by atoms with E-state index in [9.17, 15) is 0 Å². The Kier molecular flexibility index (Phi) is 10.7. The molecule has 1 unspecified atom stereocenters. The van der Waals surface area contributed by atoms with Crippen LogP contribution in [0.2, 0.25) is 0 Å². The van der Waals surface area contributed by atoms with Crippen LogP contribution in [0.15, 0.2) is 48.4 Å². The summed E-state index contributed by atoms with van der Waals surface area (Å²) in [6.07, 6.45) is 8.93. The highest BCUT2D eigenvalue weighted by atomic mass is 16.5. The highest BCUT2D eigenvalue weighted by Gasteiger charge is 2.34. The van der Waals surface area contributed by atoms with E-state index in [1.165, 1.54) is 24.0 Å². The van der Waals surface area contributed by atoms with Gasteiger partial charge in [-0.1, -0.05) is 92.2 Å². The summed E-state index contributed by atoms with van der Waals surface area (Å²) < 4.78 is 6.64. The summed E-state index contributed by atoms with van der Waals surface area (Å²) in [7, 11) is 0. The van der Waals surface area contributed by atoms with Crippen molar-refractivity contribution in [3.63, 3.8) is 0 Å². The average Bonchev–Trinajstić information content (AvgIpc) is 2.84. The van der Waals surface area contributed by atoms with Crippen molar-refractivity contribution in [2.75, 3.05) is 6.54 Å². The Labute approximate surface area is 187 Å². The SMILES string of the molecule is C=CC1=C(C)OC(CCC)(CCCC)CCN1Cc1ccc(C(C)(C)C)cc1.CC. The van der Waals surface area contributed by atoms with E-state index >= 15 is 0 Å². The molecule has 1 atom stereocenters. The summed E-state index contributed by atoms with van der Waals surface area (Å²) in [6.45, 7) is 23.5. The lowest BCUT2D eigenvalue weighted by molar-refractivity contribution is -0.0179. The van der Waals surface area contributed by atoms with Crippen molar-refractivity contribution in [1.29, 1.82) is 0 Å². The van der Waals surface area contributed by atoms with Gasteiger partial charge in [-0.05, 0) is 48.8 Å². The van der Waals surface area contributed by atoms with Gasteiger partial charge < -0.3 is 9.64 Å². The molecule has 0 saturated heterocycles. The molecule has 0 amide bonds. The van der Waals surface area contributed by atoms with Gasteiger partial charge in [0.15, 0.2) is 0 Å². The lowest BCUT2D eigenvalue weighted by Crippen LogP contribution is -2.34. The quantitative estimate of drug-likeness (QED) is 0.424. The molecule has 0 aromatic heterocycles. The van der Waals surface area contributed by atoms with Gasteiger partial charge in [0.1, 0.15) is 11.4 Å². The van der Waals surface area contributed by atoms with Crippen LogP contribution in [0, 0.1) is 0 Å². The summed E-state index contributed by atoms with van der Waals surface area (Å²) in [5.74, 6) is 1.03. The van der Waals surface area contributed by atoms with Gasteiger partial charge in [-0.2, -0.15) is 0 Å². The predicted octanol–water partition coefficient (Wildman–Crippen LogP) is 8.38. The number of hydrogen-bond donors (Lipinski definition) is 0. The number of benzene rings is 1. The van der Waals surface area contributed by atoms with E-state index in [1.807, 2.05) is 19.9 Å². The van der Waals surface area contributed by atoms with Crippen LogP contribution in [-0.2, 0) is 16.7 Å². The van der Waals surface area contributed by atoms with Crippen LogP contribution in [0.5, 0.6) is 0 Å². The van der Waals surface area contributed by atoms with E-state index in [0.717, 1.165) is 50.2 Å². The number of rotatable bonds is 8. The topological polar surface area (TPSA) is 12.5 Å². The summed E-state index contributed by atoms with van der Waals surface area (Å²) >= 11 is 0. The second kappa shape index (κ2) is 12.2. The fraction of sp³-hybridized carbons (Fsp3) is 0.643. The zero-order chi connectivity index (χ0) is 22.8. The Balaban J connectivity index is 0.00000218. The van der Waals surface area contributed by atoms with Crippen LogP contribution in [-0.4, -0.2) is 17.0 Å². The predicted molar refractivity (Wildman–Crippen MR) is 133 cm³/mol. The molecule has 0 fully saturated rings.